The van der Waals surface area contributed by atoms with Crippen LogP contribution in [0, 0.1) is 5.92 Å². The quantitative estimate of drug-likeness (QED) is 0.468. The van der Waals surface area contributed by atoms with Gasteiger partial charge in [-0.1, -0.05) is 25.5 Å². The van der Waals surface area contributed by atoms with Crippen LogP contribution in [0.3, 0.4) is 0 Å². The smallest absolute Gasteiger partial charge is 0.310 e. The van der Waals surface area contributed by atoms with Gasteiger partial charge in [-0.2, -0.15) is 0 Å². The molecule has 0 bridgehead atoms. The van der Waals surface area contributed by atoms with Crippen molar-refractivity contribution in [2.45, 2.75) is 39.0 Å². The van der Waals surface area contributed by atoms with Crippen molar-refractivity contribution in [3.8, 4) is 0 Å². The van der Waals surface area contributed by atoms with E-state index in [0.29, 0.717) is 25.9 Å². The fourth-order valence-corrected chi connectivity index (χ4v) is 1.87. The summed E-state index contributed by atoms with van der Waals surface area (Å²) >= 11 is 0. The molecule has 0 fully saturated rings. The first-order valence-corrected chi connectivity index (χ1v) is 7.45. The highest BCUT2D eigenvalue weighted by Crippen LogP contribution is 2.11. The molecule has 0 heterocycles. The highest BCUT2D eigenvalue weighted by Gasteiger charge is 2.22. The zero-order valence-corrected chi connectivity index (χ0v) is 12.7. The molecule has 0 saturated heterocycles. The van der Waals surface area contributed by atoms with Crippen molar-refractivity contribution < 1.29 is 24.9 Å². The maximum Gasteiger partial charge on any atom is 0.310 e. The number of hydrogen-bond acceptors (Lipinski definition) is 4. The summed E-state index contributed by atoms with van der Waals surface area (Å²) in [7, 11) is 0. The largest absolute Gasteiger partial charge is 0.481 e. The molecule has 122 valence electrons. The summed E-state index contributed by atoms with van der Waals surface area (Å²) in [5.74, 6) is -2.10. The number of nitrogens with zero attached hydrogens (tertiary/aromatic N) is 1. The van der Waals surface area contributed by atoms with Gasteiger partial charge >= 0.3 is 5.97 Å². The summed E-state index contributed by atoms with van der Waals surface area (Å²) in [6.45, 7) is 2.70. The summed E-state index contributed by atoms with van der Waals surface area (Å²) in [5, 5.41) is 26.8. The minimum absolute atomic E-state index is 0.0261. The Morgan fingerprint density at radius 2 is 1.71 bits per heavy atom. The average molecular weight is 301 g/mol. The van der Waals surface area contributed by atoms with E-state index in [-0.39, 0.29) is 25.5 Å². The van der Waals surface area contributed by atoms with E-state index in [9.17, 15) is 9.59 Å². The van der Waals surface area contributed by atoms with E-state index in [0.717, 1.165) is 12.8 Å². The van der Waals surface area contributed by atoms with Gasteiger partial charge in [0.15, 0.2) is 0 Å². The third-order valence-electron chi connectivity index (χ3n) is 3.06. The first-order chi connectivity index (χ1) is 10.1. The molecule has 0 radical (unpaired) electrons. The average Bonchev–Trinajstić information content (AvgIpc) is 2.46. The lowest BCUT2D eigenvalue weighted by Crippen LogP contribution is -2.35. The van der Waals surface area contributed by atoms with Crippen LogP contribution in [0.1, 0.15) is 39.0 Å². The van der Waals surface area contributed by atoms with Crippen molar-refractivity contribution in [2.24, 2.45) is 5.92 Å². The number of carbonyl (C=O) groups excluding carboxylic acids is 1. The van der Waals surface area contributed by atoms with E-state index in [1.54, 1.807) is 12.2 Å². The standard InChI is InChI=1S/C15H27NO5/c1-2-3-4-7-13(15(20)21)12-14(19)16(8-5-10-17)9-6-11-18/h4,7,13,17-18H,2-3,5-6,8-12H2,1H3,(H,20,21). The predicted octanol–water partition coefficient (Wildman–Crippen LogP) is 1.03. The number of hydrogen-bond donors (Lipinski definition) is 3. The highest BCUT2D eigenvalue weighted by molar-refractivity contribution is 5.83. The number of rotatable bonds is 12. The van der Waals surface area contributed by atoms with Gasteiger partial charge in [0.1, 0.15) is 0 Å². The van der Waals surface area contributed by atoms with Crippen LogP contribution >= 0.6 is 0 Å². The molecule has 0 saturated carbocycles. The Morgan fingerprint density at radius 1 is 1.14 bits per heavy atom. The van der Waals surface area contributed by atoms with Gasteiger partial charge in [0.05, 0.1) is 5.92 Å². The van der Waals surface area contributed by atoms with Crippen LogP contribution in [-0.2, 0) is 9.59 Å². The zero-order valence-electron chi connectivity index (χ0n) is 12.7. The van der Waals surface area contributed by atoms with E-state index in [1.807, 2.05) is 6.92 Å². The van der Waals surface area contributed by atoms with Gasteiger partial charge in [0.25, 0.3) is 0 Å². The molecule has 6 nitrogen and oxygen atoms in total. The topological polar surface area (TPSA) is 98.1 Å². The third-order valence-corrected chi connectivity index (χ3v) is 3.06. The minimum atomic E-state index is -1.01. The molecule has 0 spiro atoms. The first kappa shape index (κ1) is 19.6. The predicted molar refractivity (Wildman–Crippen MR) is 79.8 cm³/mol. The molecule has 0 aromatic rings. The molecule has 0 aliphatic heterocycles. The van der Waals surface area contributed by atoms with E-state index < -0.39 is 11.9 Å². The molecule has 0 aliphatic rings. The summed E-state index contributed by atoms with van der Waals surface area (Å²) < 4.78 is 0. The van der Waals surface area contributed by atoms with Crippen LogP contribution in [0.2, 0.25) is 0 Å². The van der Waals surface area contributed by atoms with Crippen molar-refractivity contribution in [1.82, 2.24) is 4.90 Å². The number of aliphatic hydroxyl groups excluding tert-OH is 2. The summed E-state index contributed by atoms with van der Waals surface area (Å²) in [5.41, 5.74) is 0. The number of carboxylic acid groups (broad SMARTS) is 1. The van der Waals surface area contributed by atoms with E-state index in [2.05, 4.69) is 0 Å². The Kier molecular flexibility index (Phi) is 11.5. The van der Waals surface area contributed by atoms with Crippen LogP contribution in [-0.4, -0.2) is 58.4 Å². The second-order valence-corrected chi connectivity index (χ2v) is 4.90. The van der Waals surface area contributed by atoms with E-state index >= 15 is 0 Å². The lowest BCUT2D eigenvalue weighted by Gasteiger charge is -2.23. The monoisotopic (exact) mass is 301 g/mol. The normalized spacial score (nSPS) is 12.5. The number of amides is 1. The Morgan fingerprint density at radius 3 is 2.14 bits per heavy atom. The maximum atomic E-state index is 12.2. The van der Waals surface area contributed by atoms with Gasteiger partial charge in [0.2, 0.25) is 5.91 Å². The molecule has 0 aromatic heterocycles. The molecule has 0 aliphatic carbocycles. The fourth-order valence-electron chi connectivity index (χ4n) is 1.87. The van der Waals surface area contributed by atoms with Crippen molar-refractivity contribution >= 4 is 11.9 Å². The van der Waals surface area contributed by atoms with E-state index in [4.69, 9.17) is 15.3 Å². The second kappa shape index (κ2) is 12.3. The number of unbranched alkanes of at least 4 members (excludes halogenated alkanes) is 1. The van der Waals surface area contributed by atoms with Crippen LogP contribution < -0.4 is 0 Å². The Balaban J connectivity index is 4.60. The van der Waals surface area contributed by atoms with Crippen LogP contribution in [0.5, 0.6) is 0 Å². The van der Waals surface area contributed by atoms with Crippen molar-refractivity contribution in [3.63, 3.8) is 0 Å². The van der Waals surface area contributed by atoms with Crippen molar-refractivity contribution in [1.29, 1.82) is 0 Å². The second-order valence-electron chi connectivity index (χ2n) is 4.90. The Bertz CT molecular complexity index is 322. The molecule has 0 aromatic carbocycles. The van der Waals surface area contributed by atoms with Gasteiger partial charge in [0, 0.05) is 32.7 Å². The van der Waals surface area contributed by atoms with Gasteiger partial charge in [-0.25, -0.2) is 0 Å². The Labute approximate surface area is 126 Å². The summed E-state index contributed by atoms with van der Waals surface area (Å²) in [4.78, 5) is 24.9. The minimum Gasteiger partial charge on any atom is -0.481 e. The van der Waals surface area contributed by atoms with Crippen LogP contribution in [0.25, 0.3) is 0 Å². The van der Waals surface area contributed by atoms with Crippen molar-refractivity contribution in [2.75, 3.05) is 26.3 Å². The first-order valence-electron chi connectivity index (χ1n) is 7.45. The van der Waals surface area contributed by atoms with Gasteiger partial charge < -0.3 is 20.2 Å². The number of allylic oxidation sites excluding steroid dienone is 1. The van der Waals surface area contributed by atoms with Crippen molar-refractivity contribution in [3.05, 3.63) is 12.2 Å². The zero-order chi connectivity index (χ0) is 16.1. The molecule has 1 amide bonds. The number of carboxylic acids is 1. The molecule has 6 heteroatoms. The summed E-state index contributed by atoms with van der Waals surface area (Å²) in [6, 6.07) is 0. The fraction of sp³-hybridized carbons (Fsp3) is 0.733. The maximum absolute atomic E-state index is 12.2. The molecule has 1 atom stereocenters. The van der Waals surface area contributed by atoms with Gasteiger partial charge in [-0.05, 0) is 19.3 Å². The SMILES string of the molecule is CCCC=CC(CC(=O)N(CCCO)CCCO)C(=O)O. The molecule has 21 heavy (non-hydrogen) atoms. The molecule has 0 rings (SSSR count). The van der Waals surface area contributed by atoms with Crippen LogP contribution in [0.4, 0.5) is 0 Å². The third kappa shape index (κ3) is 9.20. The lowest BCUT2D eigenvalue weighted by atomic mass is 10.0. The molecular formula is C15H27NO5. The molecular weight excluding hydrogens is 274 g/mol. The number of aliphatic carboxylic acids is 1. The molecule has 3 N–H and O–H groups in total. The lowest BCUT2D eigenvalue weighted by molar-refractivity contribution is -0.144. The van der Waals surface area contributed by atoms with Gasteiger partial charge in [-0.3, -0.25) is 9.59 Å². The number of aliphatic hydroxyl groups is 2. The van der Waals surface area contributed by atoms with Crippen LogP contribution in [0.15, 0.2) is 12.2 Å². The molecule has 1 unspecified atom stereocenters. The Hall–Kier alpha value is -1.40. The van der Waals surface area contributed by atoms with Gasteiger partial charge in [-0.15, -0.1) is 0 Å². The van der Waals surface area contributed by atoms with E-state index in [1.165, 1.54) is 4.90 Å². The number of carbonyl (C=O) groups is 2. The summed E-state index contributed by atoms with van der Waals surface area (Å²) in [6.07, 6.45) is 5.87. The highest BCUT2D eigenvalue weighted by atomic mass is 16.4.